The molecule has 1 N–H and O–H groups in total. The Morgan fingerprint density at radius 1 is 1.16 bits per heavy atom. The van der Waals surface area contributed by atoms with Gasteiger partial charge in [0, 0.05) is 54.0 Å². The second-order valence-corrected chi connectivity index (χ2v) is 10.8. The van der Waals surface area contributed by atoms with E-state index in [1.807, 2.05) is 6.92 Å². The summed E-state index contributed by atoms with van der Waals surface area (Å²) in [7, 11) is 1.08. The molecule has 2 atom stereocenters. The zero-order valence-corrected chi connectivity index (χ0v) is 24.8. The molecule has 14 heteroatoms. The Morgan fingerprint density at radius 2 is 1.87 bits per heavy atom. The van der Waals surface area contributed by atoms with Gasteiger partial charge in [-0.15, -0.1) is 0 Å². The lowest BCUT2D eigenvalue weighted by atomic mass is 10.0. The summed E-state index contributed by atoms with van der Waals surface area (Å²) in [6.45, 7) is 6.15. The van der Waals surface area contributed by atoms with Crippen molar-refractivity contribution < 1.29 is 41.0 Å². The van der Waals surface area contributed by atoms with Crippen LogP contribution in [0, 0.1) is 25.5 Å². The van der Waals surface area contributed by atoms with Gasteiger partial charge in [0.2, 0.25) is 0 Å². The van der Waals surface area contributed by atoms with E-state index in [2.05, 4.69) is 15.3 Å². The van der Waals surface area contributed by atoms with Crippen LogP contribution >= 0.6 is 0 Å². The number of nitrogens with zero attached hydrogens (tertiary/aromatic N) is 4. The van der Waals surface area contributed by atoms with Gasteiger partial charge in [-0.3, -0.25) is 9.78 Å². The lowest BCUT2D eigenvalue weighted by Gasteiger charge is -2.35. The molecule has 1 aliphatic heterocycles. The molecule has 1 aliphatic rings. The number of amides is 1. The van der Waals surface area contributed by atoms with Gasteiger partial charge in [0.1, 0.15) is 28.9 Å². The van der Waals surface area contributed by atoms with Crippen LogP contribution in [0.15, 0.2) is 42.7 Å². The van der Waals surface area contributed by atoms with Crippen molar-refractivity contribution in [1.82, 2.24) is 19.7 Å². The molecule has 1 aromatic carbocycles. The summed E-state index contributed by atoms with van der Waals surface area (Å²) < 4.78 is 84.0. The monoisotopic (exact) mass is 631 g/mol. The van der Waals surface area contributed by atoms with Crippen LogP contribution in [0.25, 0.3) is 16.9 Å². The zero-order valence-electron chi connectivity index (χ0n) is 24.8. The molecule has 9 nitrogen and oxygen atoms in total. The van der Waals surface area contributed by atoms with Crippen LogP contribution in [-0.4, -0.2) is 65.2 Å². The maximum Gasteiger partial charge on any atom is 0.418 e. The molecule has 0 radical (unpaired) electrons. The normalized spacial score (nSPS) is 16.1. The molecule has 4 aromatic rings. The van der Waals surface area contributed by atoms with E-state index >= 15 is 8.78 Å². The fraction of sp³-hybridized carbons (Fsp3) is 0.355. The summed E-state index contributed by atoms with van der Waals surface area (Å²) in [6.07, 6.45) is -2.09. The summed E-state index contributed by atoms with van der Waals surface area (Å²) >= 11 is 0. The molecule has 1 amide bonds. The number of halogens is 5. The molecular formula is C31H30F5N5O4. The molecule has 0 aliphatic carbocycles. The molecule has 0 unspecified atom stereocenters. The SMILES string of the molecule is COC(=O)[C@H](Cc1ccc(-c2nc(C)c(C)cc2C(F)(F)F)c2nccn12)NC(=O)c1c(F)cc(N2CCOC[C@@H]2C)cc1F. The quantitative estimate of drug-likeness (QED) is 0.225. The standard InChI is InChI=1S/C31H30F5N5O4/c1-16-11-22(31(34,35)36)27(38-18(16)3)21-6-5-19(41-8-7-37-28(21)41)14-25(30(43)44-4)39-29(42)26-23(32)12-20(13-24(26)33)40-9-10-45-15-17(40)2/h5-8,11-13,17,25H,9-10,14-15H2,1-4H3,(H,39,42)/t17-,25-/m0/s1. The van der Waals surface area contributed by atoms with E-state index in [-0.39, 0.29) is 35.1 Å². The van der Waals surface area contributed by atoms with Gasteiger partial charge in [-0.1, -0.05) is 0 Å². The highest BCUT2D eigenvalue weighted by atomic mass is 19.4. The van der Waals surface area contributed by atoms with Gasteiger partial charge >= 0.3 is 12.1 Å². The number of fused-ring (bicyclic) bond motifs is 1. The van der Waals surface area contributed by atoms with Crippen LogP contribution < -0.4 is 10.2 Å². The first kappa shape index (κ1) is 31.8. The largest absolute Gasteiger partial charge is 0.467 e. The van der Waals surface area contributed by atoms with Crippen LogP contribution in [0.5, 0.6) is 0 Å². The third kappa shape index (κ3) is 6.32. The summed E-state index contributed by atoms with van der Waals surface area (Å²) in [4.78, 5) is 36.1. The van der Waals surface area contributed by atoms with Crippen molar-refractivity contribution in [2.24, 2.45) is 0 Å². The van der Waals surface area contributed by atoms with Crippen LogP contribution in [-0.2, 0) is 26.9 Å². The molecule has 45 heavy (non-hydrogen) atoms. The number of hydrogen-bond donors (Lipinski definition) is 1. The number of hydrogen-bond acceptors (Lipinski definition) is 7. The predicted octanol–water partition coefficient (Wildman–Crippen LogP) is 5.05. The van der Waals surface area contributed by atoms with Crippen molar-refractivity contribution in [3.8, 4) is 11.3 Å². The molecule has 238 valence electrons. The van der Waals surface area contributed by atoms with E-state index in [9.17, 15) is 22.8 Å². The molecule has 5 rings (SSSR count). The fourth-order valence-corrected chi connectivity index (χ4v) is 5.38. The number of alkyl halides is 3. The maximum atomic E-state index is 15.2. The average Bonchev–Trinajstić information content (AvgIpc) is 3.48. The third-order valence-corrected chi connectivity index (χ3v) is 7.82. The highest BCUT2D eigenvalue weighted by Gasteiger charge is 2.36. The summed E-state index contributed by atoms with van der Waals surface area (Å²) in [5.74, 6) is -4.33. The van der Waals surface area contributed by atoms with Gasteiger partial charge in [0.25, 0.3) is 5.91 Å². The lowest BCUT2D eigenvalue weighted by molar-refractivity contribution is -0.143. The second kappa shape index (κ2) is 12.4. The number of ether oxygens (including phenoxy) is 2. The van der Waals surface area contributed by atoms with Crippen LogP contribution in [0.1, 0.15) is 39.8 Å². The predicted molar refractivity (Wildman–Crippen MR) is 154 cm³/mol. The van der Waals surface area contributed by atoms with E-state index in [0.717, 1.165) is 25.3 Å². The zero-order chi connectivity index (χ0) is 32.6. The number of nitrogens with one attached hydrogen (secondary N) is 1. The fourth-order valence-electron chi connectivity index (χ4n) is 5.38. The Morgan fingerprint density at radius 3 is 2.51 bits per heavy atom. The van der Waals surface area contributed by atoms with Gasteiger partial charge in [0.05, 0.1) is 31.6 Å². The highest BCUT2D eigenvalue weighted by molar-refractivity contribution is 5.97. The van der Waals surface area contributed by atoms with Gasteiger partial charge in [-0.05, 0) is 56.7 Å². The number of rotatable bonds is 7. The van der Waals surface area contributed by atoms with Gasteiger partial charge in [-0.2, -0.15) is 13.2 Å². The van der Waals surface area contributed by atoms with Crippen molar-refractivity contribution >= 4 is 23.2 Å². The third-order valence-electron chi connectivity index (χ3n) is 7.82. The molecule has 1 fully saturated rings. The van der Waals surface area contributed by atoms with Crippen LogP contribution in [0.4, 0.5) is 27.6 Å². The molecular weight excluding hydrogens is 601 g/mol. The number of pyridine rings is 2. The van der Waals surface area contributed by atoms with E-state index in [0.29, 0.717) is 36.7 Å². The molecule has 4 heterocycles. The van der Waals surface area contributed by atoms with Crippen molar-refractivity contribution in [3.63, 3.8) is 0 Å². The summed E-state index contributed by atoms with van der Waals surface area (Å²) in [6, 6.07) is 4.43. The van der Waals surface area contributed by atoms with Crippen molar-refractivity contribution in [2.75, 3.05) is 31.8 Å². The second-order valence-electron chi connectivity index (χ2n) is 10.8. The minimum absolute atomic E-state index is 0.0941. The number of anilines is 1. The molecule has 0 saturated carbocycles. The van der Waals surface area contributed by atoms with E-state index < -0.39 is 46.9 Å². The van der Waals surface area contributed by atoms with Crippen molar-refractivity contribution in [2.45, 2.75) is 45.5 Å². The molecule has 0 spiro atoms. The number of methoxy groups -OCH3 is 1. The number of benzene rings is 1. The van der Waals surface area contributed by atoms with Gasteiger partial charge in [-0.25, -0.2) is 18.6 Å². The van der Waals surface area contributed by atoms with Gasteiger partial charge < -0.3 is 24.1 Å². The maximum absolute atomic E-state index is 15.2. The Hall–Kier alpha value is -4.59. The first-order valence-corrected chi connectivity index (χ1v) is 14.0. The summed E-state index contributed by atoms with van der Waals surface area (Å²) in [5, 5.41) is 2.35. The first-order chi connectivity index (χ1) is 21.3. The number of esters is 1. The molecule has 3 aromatic heterocycles. The topological polar surface area (TPSA) is 98.1 Å². The highest BCUT2D eigenvalue weighted by Crippen LogP contribution is 2.38. The number of aryl methyl sites for hydroxylation is 2. The number of carbonyl (C=O) groups is 2. The molecule has 1 saturated heterocycles. The summed E-state index contributed by atoms with van der Waals surface area (Å²) in [5.41, 5.74) is -0.534. The van der Waals surface area contributed by atoms with Crippen LogP contribution in [0.2, 0.25) is 0 Å². The van der Waals surface area contributed by atoms with E-state index in [1.165, 1.54) is 35.9 Å². The van der Waals surface area contributed by atoms with Crippen molar-refractivity contribution in [1.29, 1.82) is 0 Å². The number of aromatic nitrogens is 3. The molecule has 0 bridgehead atoms. The number of morpholine rings is 1. The smallest absolute Gasteiger partial charge is 0.418 e. The minimum Gasteiger partial charge on any atom is -0.467 e. The Bertz CT molecular complexity index is 1750. The van der Waals surface area contributed by atoms with E-state index in [4.69, 9.17) is 9.47 Å². The van der Waals surface area contributed by atoms with Crippen molar-refractivity contribution in [3.05, 3.63) is 82.4 Å². The van der Waals surface area contributed by atoms with Crippen LogP contribution in [0.3, 0.4) is 0 Å². The Balaban J connectivity index is 1.46. The first-order valence-electron chi connectivity index (χ1n) is 14.0. The number of carbonyl (C=O) groups excluding carboxylic acids is 2. The van der Waals surface area contributed by atoms with Gasteiger partial charge in [0.15, 0.2) is 0 Å². The lowest BCUT2D eigenvalue weighted by Crippen LogP contribution is -2.44. The minimum atomic E-state index is -4.69. The Kier molecular flexibility index (Phi) is 8.79. The average molecular weight is 632 g/mol. The Labute approximate surface area is 255 Å². The van der Waals surface area contributed by atoms with E-state index in [1.54, 1.807) is 11.8 Å². The number of imidazole rings is 1.